The molecule has 1 N–H and O–H groups in total. The molecule has 0 aliphatic rings. The van der Waals surface area contributed by atoms with Crippen molar-refractivity contribution in [1.82, 2.24) is 0 Å². The summed E-state index contributed by atoms with van der Waals surface area (Å²) in [5, 5.41) is 8.87. The summed E-state index contributed by atoms with van der Waals surface area (Å²) in [6.07, 6.45) is -4.89. The summed E-state index contributed by atoms with van der Waals surface area (Å²) >= 11 is 0. The first kappa shape index (κ1) is 16.1. The molecule has 0 spiro atoms. The van der Waals surface area contributed by atoms with Crippen LogP contribution < -0.4 is 9.47 Å². The molecule has 20 heavy (non-hydrogen) atoms. The average molecular weight is 292 g/mol. The maximum atomic E-state index is 13.0. The topological polar surface area (TPSA) is 55.8 Å². The van der Waals surface area contributed by atoms with Crippen LogP contribution in [0.25, 0.3) is 0 Å². The number of hydrogen-bond donors (Lipinski definition) is 1. The van der Waals surface area contributed by atoms with E-state index in [9.17, 15) is 18.0 Å². The van der Waals surface area contributed by atoms with E-state index in [1.54, 1.807) is 0 Å². The summed E-state index contributed by atoms with van der Waals surface area (Å²) < 4.78 is 48.9. The summed E-state index contributed by atoms with van der Waals surface area (Å²) in [7, 11) is 2.52. The monoisotopic (exact) mass is 292 g/mol. The second-order valence-corrected chi connectivity index (χ2v) is 4.27. The average Bonchev–Trinajstić information content (AvgIpc) is 2.36. The summed E-state index contributed by atoms with van der Waals surface area (Å²) in [5.41, 5.74) is -1.13. The molecule has 0 heterocycles. The maximum absolute atomic E-state index is 13.0. The van der Waals surface area contributed by atoms with Gasteiger partial charge in [0.05, 0.1) is 25.7 Å². The summed E-state index contributed by atoms with van der Waals surface area (Å²) in [5.74, 6) is -2.11. The Hall–Kier alpha value is -1.92. The van der Waals surface area contributed by atoms with E-state index in [2.05, 4.69) is 0 Å². The summed E-state index contributed by atoms with van der Waals surface area (Å²) in [6.45, 7) is 1.33. The van der Waals surface area contributed by atoms with Crippen molar-refractivity contribution in [2.45, 2.75) is 19.5 Å². The standard InChI is InChI=1S/C13H15F3O4/c1-7(12(17)18)6-8-9(13(14,15)16)4-5-10(19-2)11(8)20-3/h4-5,7H,6H2,1-3H3,(H,17,18). The maximum Gasteiger partial charge on any atom is 0.416 e. The molecule has 0 amide bonds. The second kappa shape index (κ2) is 6.02. The van der Waals surface area contributed by atoms with Crippen LogP contribution in [-0.4, -0.2) is 25.3 Å². The van der Waals surface area contributed by atoms with E-state index in [-0.39, 0.29) is 23.5 Å². The summed E-state index contributed by atoms with van der Waals surface area (Å²) in [6, 6.07) is 2.02. The number of halogens is 3. The van der Waals surface area contributed by atoms with E-state index < -0.39 is 23.6 Å². The van der Waals surface area contributed by atoms with Gasteiger partial charge in [0.25, 0.3) is 0 Å². The Labute approximate surface area is 114 Å². The Bertz CT molecular complexity index is 497. The Kier molecular flexibility index (Phi) is 4.86. The van der Waals surface area contributed by atoms with Gasteiger partial charge in [-0.15, -0.1) is 0 Å². The molecule has 4 nitrogen and oxygen atoms in total. The van der Waals surface area contributed by atoms with E-state index in [0.717, 1.165) is 12.1 Å². The lowest BCUT2D eigenvalue weighted by atomic mass is 9.95. The van der Waals surface area contributed by atoms with Gasteiger partial charge in [-0.3, -0.25) is 4.79 Å². The smallest absolute Gasteiger partial charge is 0.416 e. The first-order valence-corrected chi connectivity index (χ1v) is 5.76. The molecule has 0 saturated heterocycles. The minimum Gasteiger partial charge on any atom is -0.493 e. The van der Waals surface area contributed by atoms with Crippen molar-refractivity contribution in [3.8, 4) is 11.5 Å². The van der Waals surface area contributed by atoms with Crippen molar-refractivity contribution in [3.63, 3.8) is 0 Å². The van der Waals surface area contributed by atoms with Gasteiger partial charge in [-0.2, -0.15) is 13.2 Å². The molecule has 7 heteroatoms. The third-order valence-electron chi connectivity index (χ3n) is 2.89. The number of ether oxygens (including phenoxy) is 2. The molecule has 0 radical (unpaired) electrons. The predicted molar refractivity (Wildman–Crippen MR) is 65.1 cm³/mol. The zero-order valence-corrected chi connectivity index (χ0v) is 11.2. The van der Waals surface area contributed by atoms with E-state index in [1.807, 2.05) is 0 Å². The Morgan fingerprint density at radius 2 is 1.90 bits per heavy atom. The van der Waals surface area contributed by atoms with Crippen molar-refractivity contribution < 1.29 is 32.5 Å². The van der Waals surface area contributed by atoms with Crippen LogP contribution in [0.5, 0.6) is 11.5 Å². The molecule has 0 bridgehead atoms. The normalized spacial score (nSPS) is 12.9. The first-order chi connectivity index (χ1) is 9.22. The fraction of sp³-hybridized carbons (Fsp3) is 0.462. The highest BCUT2D eigenvalue weighted by atomic mass is 19.4. The molecule has 112 valence electrons. The SMILES string of the molecule is COc1ccc(C(F)(F)F)c(CC(C)C(=O)O)c1OC. The minimum absolute atomic E-state index is 0.0876. The Balaban J connectivity index is 3.43. The molecule has 1 aromatic carbocycles. The number of methoxy groups -OCH3 is 2. The molecule has 1 aromatic rings. The lowest BCUT2D eigenvalue weighted by Gasteiger charge is -2.19. The molecule has 0 aliphatic heterocycles. The number of carboxylic acid groups (broad SMARTS) is 1. The van der Waals surface area contributed by atoms with Crippen molar-refractivity contribution in [3.05, 3.63) is 23.3 Å². The van der Waals surface area contributed by atoms with Crippen molar-refractivity contribution in [2.24, 2.45) is 5.92 Å². The number of hydrogen-bond acceptors (Lipinski definition) is 3. The highest BCUT2D eigenvalue weighted by Crippen LogP contribution is 2.41. The van der Waals surface area contributed by atoms with Gasteiger partial charge in [0.15, 0.2) is 11.5 Å². The molecule has 0 aromatic heterocycles. The second-order valence-electron chi connectivity index (χ2n) is 4.27. The van der Waals surface area contributed by atoms with Gasteiger partial charge in [0, 0.05) is 5.56 Å². The largest absolute Gasteiger partial charge is 0.493 e. The van der Waals surface area contributed by atoms with Crippen LogP contribution in [0.15, 0.2) is 12.1 Å². The van der Waals surface area contributed by atoms with Crippen LogP contribution in [0.1, 0.15) is 18.1 Å². The molecular formula is C13H15F3O4. The van der Waals surface area contributed by atoms with Gasteiger partial charge in [-0.1, -0.05) is 6.92 Å². The third kappa shape index (κ3) is 3.34. The number of aliphatic carboxylic acids is 1. The fourth-order valence-corrected chi connectivity index (χ4v) is 1.85. The quantitative estimate of drug-likeness (QED) is 0.906. The summed E-state index contributed by atoms with van der Waals surface area (Å²) in [4.78, 5) is 10.9. The highest BCUT2D eigenvalue weighted by Gasteiger charge is 2.36. The lowest BCUT2D eigenvalue weighted by Crippen LogP contribution is -2.17. The molecule has 0 saturated carbocycles. The third-order valence-corrected chi connectivity index (χ3v) is 2.89. The number of carboxylic acids is 1. The van der Waals surface area contributed by atoms with Gasteiger partial charge < -0.3 is 14.6 Å². The van der Waals surface area contributed by atoms with Crippen LogP contribution in [0, 0.1) is 5.92 Å². The Morgan fingerprint density at radius 1 is 1.30 bits per heavy atom. The van der Waals surface area contributed by atoms with Gasteiger partial charge in [-0.25, -0.2) is 0 Å². The van der Waals surface area contributed by atoms with Gasteiger partial charge in [-0.05, 0) is 18.6 Å². The van der Waals surface area contributed by atoms with Gasteiger partial charge in [0.2, 0.25) is 0 Å². The van der Waals surface area contributed by atoms with E-state index >= 15 is 0 Å². The molecule has 0 fully saturated rings. The fourth-order valence-electron chi connectivity index (χ4n) is 1.85. The van der Waals surface area contributed by atoms with Gasteiger partial charge >= 0.3 is 12.1 Å². The molecule has 1 atom stereocenters. The molecule has 0 aliphatic carbocycles. The number of alkyl halides is 3. The van der Waals surface area contributed by atoms with Crippen LogP contribution in [-0.2, 0) is 17.4 Å². The predicted octanol–water partition coefficient (Wildman–Crippen LogP) is 2.99. The van der Waals surface area contributed by atoms with Crippen molar-refractivity contribution >= 4 is 5.97 Å². The van der Waals surface area contributed by atoms with Gasteiger partial charge in [0.1, 0.15) is 0 Å². The zero-order chi connectivity index (χ0) is 15.5. The highest BCUT2D eigenvalue weighted by molar-refractivity contribution is 5.70. The number of benzene rings is 1. The zero-order valence-electron chi connectivity index (χ0n) is 11.2. The number of carbonyl (C=O) groups is 1. The van der Waals surface area contributed by atoms with Crippen LogP contribution in [0.2, 0.25) is 0 Å². The van der Waals surface area contributed by atoms with Crippen molar-refractivity contribution in [1.29, 1.82) is 0 Å². The van der Waals surface area contributed by atoms with Crippen molar-refractivity contribution in [2.75, 3.05) is 14.2 Å². The van der Waals surface area contributed by atoms with E-state index in [1.165, 1.54) is 21.1 Å². The minimum atomic E-state index is -4.59. The van der Waals surface area contributed by atoms with Crippen LogP contribution in [0.4, 0.5) is 13.2 Å². The molecule has 1 unspecified atom stereocenters. The molecular weight excluding hydrogens is 277 g/mol. The lowest BCUT2D eigenvalue weighted by molar-refractivity contribution is -0.142. The van der Waals surface area contributed by atoms with Crippen LogP contribution >= 0.6 is 0 Å². The van der Waals surface area contributed by atoms with Crippen LogP contribution in [0.3, 0.4) is 0 Å². The van der Waals surface area contributed by atoms with E-state index in [0.29, 0.717) is 0 Å². The molecule has 1 rings (SSSR count). The Morgan fingerprint density at radius 3 is 2.30 bits per heavy atom. The van der Waals surface area contributed by atoms with E-state index in [4.69, 9.17) is 14.6 Å². The number of rotatable bonds is 5. The first-order valence-electron chi connectivity index (χ1n) is 5.76.